The number of aliphatic carboxylic acids is 1. The number of nitrogens with one attached hydrogen (secondary N) is 2. The minimum Gasteiger partial charge on any atom is -0.480 e. The van der Waals surface area contributed by atoms with Gasteiger partial charge < -0.3 is 37.2 Å². The van der Waals surface area contributed by atoms with Crippen molar-refractivity contribution in [1.29, 1.82) is 0 Å². The van der Waals surface area contributed by atoms with E-state index in [-0.39, 0.29) is 18.9 Å². The fourth-order valence-electron chi connectivity index (χ4n) is 3.43. The van der Waals surface area contributed by atoms with Gasteiger partial charge in [0.05, 0.1) is 18.6 Å². The number of carboxylic acid groups (broad SMARTS) is 1. The van der Waals surface area contributed by atoms with Crippen LogP contribution in [0.5, 0.6) is 0 Å². The number of amides is 4. The summed E-state index contributed by atoms with van der Waals surface area (Å²) in [6.45, 7) is 5.16. The average molecular weight is 444 g/mol. The van der Waals surface area contributed by atoms with Gasteiger partial charge >= 0.3 is 5.97 Å². The molecule has 0 radical (unpaired) electrons. The van der Waals surface area contributed by atoms with Crippen molar-refractivity contribution in [1.82, 2.24) is 15.5 Å². The number of carboxylic acids is 1. The molecule has 0 aromatic rings. The molecule has 0 aliphatic carbocycles. The Bertz CT molecular complexity index is 697. The lowest BCUT2D eigenvalue weighted by molar-refractivity contribution is -0.150. The maximum atomic E-state index is 12.8. The Morgan fingerprint density at radius 1 is 1.10 bits per heavy atom. The van der Waals surface area contributed by atoms with Crippen LogP contribution >= 0.6 is 0 Å². The van der Waals surface area contributed by atoms with Crippen molar-refractivity contribution in [3.8, 4) is 0 Å². The largest absolute Gasteiger partial charge is 0.480 e. The fraction of sp³-hybridized carbons (Fsp3) is 0.737. The highest BCUT2D eigenvalue weighted by molar-refractivity contribution is 5.96. The summed E-state index contributed by atoms with van der Waals surface area (Å²) in [7, 11) is 0. The molecule has 1 heterocycles. The zero-order chi connectivity index (χ0) is 23.9. The van der Waals surface area contributed by atoms with Crippen molar-refractivity contribution in [2.75, 3.05) is 6.54 Å². The predicted octanol–water partition coefficient (Wildman–Crippen LogP) is -2.34. The van der Waals surface area contributed by atoms with Crippen LogP contribution in [0.25, 0.3) is 0 Å². The lowest BCUT2D eigenvalue weighted by atomic mass is 10.0. The van der Waals surface area contributed by atoms with E-state index in [1.165, 1.54) is 6.92 Å². The van der Waals surface area contributed by atoms with Gasteiger partial charge in [0.15, 0.2) is 0 Å². The number of aliphatic hydroxyl groups excluding tert-OH is 1. The van der Waals surface area contributed by atoms with Gasteiger partial charge in [0, 0.05) is 6.54 Å². The van der Waals surface area contributed by atoms with Gasteiger partial charge in [-0.1, -0.05) is 13.8 Å². The van der Waals surface area contributed by atoms with Crippen LogP contribution in [-0.2, 0) is 24.0 Å². The highest BCUT2D eigenvalue weighted by Crippen LogP contribution is 2.19. The Balaban J connectivity index is 2.96. The summed E-state index contributed by atoms with van der Waals surface area (Å²) >= 11 is 0. The van der Waals surface area contributed by atoms with Gasteiger partial charge in [0.1, 0.15) is 18.1 Å². The fourth-order valence-corrected chi connectivity index (χ4v) is 3.43. The van der Waals surface area contributed by atoms with E-state index in [4.69, 9.17) is 11.5 Å². The van der Waals surface area contributed by atoms with E-state index in [0.29, 0.717) is 12.8 Å². The topological polar surface area (TPSA) is 205 Å². The van der Waals surface area contributed by atoms with E-state index in [1.807, 2.05) is 13.8 Å². The van der Waals surface area contributed by atoms with E-state index < -0.39 is 66.3 Å². The Labute approximate surface area is 180 Å². The van der Waals surface area contributed by atoms with Crippen molar-refractivity contribution in [3.63, 3.8) is 0 Å². The molecule has 1 rings (SSSR count). The summed E-state index contributed by atoms with van der Waals surface area (Å²) in [6, 6.07) is -4.85. The van der Waals surface area contributed by atoms with E-state index >= 15 is 0 Å². The summed E-state index contributed by atoms with van der Waals surface area (Å²) in [6.07, 6.45) is -0.842. The first-order valence-electron chi connectivity index (χ1n) is 10.2. The Morgan fingerprint density at radius 2 is 1.71 bits per heavy atom. The molecule has 1 aliphatic heterocycles. The molecule has 31 heavy (non-hydrogen) atoms. The normalized spacial score (nSPS) is 19.9. The molecular weight excluding hydrogens is 410 g/mol. The third kappa shape index (κ3) is 7.79. The van der Waals surface area contributed by atoms with Gasteiger partial charge in [0.25, 0.3) is 0 Å². The third-order valence-corrected chi connectivity index (χ3v) is 4.97. The molecule has 1 aliphatic rings. The zero-order valence-electron chi connectivity index (χ0n) is 18.0. The number of nitrogens with zero attached hydrogens (tertiary/aromatic N) is 1. The van der Waals surface area contributed by atoms with Crippen LogP contribution in [0, 0.1) is 5.92 Å². The van der Waals surface area contributed by atoms with E-state index in [2.05, 4.69) is 10.6 Å². The van der Waals surface area contributed by atoms with Crippen LogP contribution in [0.4, 0.5) is 0 Å². The number of rotatable bonds is 11. The molecule has 0 bridgehead atoms. The standard InChI is InChI=1S/C19H33N5O7/c1-9(2)7-11(20)16(27)23-15(10(3)25)17(28)22-12(8-14(21)26)18(29)24-6-4-5-13(24)19(30)31/h9-13,15,25H,4-8,20H2,1-3H3,(H2,21,26)(H,22,28)(H,23,27)(H,30,31). The number of aliphatic hydroxyl groups is 1. The van der Waals surface area contributed by atoms with Crippen LogP contribution in [-0.4, -0.2) is 81.5 Å². The third-order valence-electron chi connectivity index (χ3n) is 4.97. The lowest BCUT2D eigenvalue weighted by Crippen LogP contribution is -2.60. The minimum atomic E-state index is -1.44. The minimum absolute atomic E-state index is 0.125. The molecule has 0 saturated carbocycles. The average Bonchev–Trinajstić information content (AvgIpc) is 3.13. The molecule has 12 nitrogen and oxygen atoms in total. The van der Waals surface area contributed by atoms with Crippen LogP contribution in [0.3, 0.4) is 0 Å². The highest BCUT2D eigenvalue weighted by atomic mass is 16.4. The second-order valence-corrected chi connectivity index (χ2v) is 8.22. The van der Waals surface area contributed by atoms with Crippen molar-refractivity contribution >= 4 is 29.6 Å². The molecule has 5 atom stereocenters. The number of likely N-dealkylation sites (tertiary alicyclic amines) is 1. The van der Waals surface area contributed by atoms with Crippen LogP contribution in [0.15, 0.2) is 0 Å². The molecule has 5 unspecified atom stereocenters. The van der Waals surface area contributed by atoms with Gasteiger partial charge in [-0.15, -0.1) is 0 Å². The zero-order valence-corrected chi connectivity index (χ0v) is 18.0. The van der Waals surface area contributed by atoms with Gasteiger partial charge in [-0.2, -0.15) is 0 Å². The number of primary amides is 1. The Kier molecular flexibility index (Phi) is 9.85. The lowest BCUT2D eigenvalue weighted by Gasteiger charge is -2.29. The molecule has 8 N–H and O–H groups in total. The van der Waals surface area contributed by atoms with Crippen LogP contribution in [0.1, 0.15) is 46.5 Å². The van der Waals surface area contributed by atoms with E-state index in [9.17, 15) is 34.2 Å². The number of carbonyl (C=O) groups is 5. The van der Waals surface area contributed by atoms with Crippen molar-refractivity contribution in [2.24, 2.45) is 17.4 Å². The highest BCUT2D eigenvalue weighted by Gasteiger charge is 2.39. The summed E-state index contributed by atoms with van der Waals surface area (Å²) in [4.78, 5) is 61.8. The smallest absolute Gasteiger partial charge is 0.326 e. The van der Waals surface area contributed by atoms with Crippen LogP contribution < -0.4 is 22.1 Å². The summed E-state index contributed by atoms with van der Waals surface area (Å²) < 4.78 is 0. The molecule has 1 fully saturated rings. The second-order valence-electron chi connectivity index (χ2n) is 8.22. The predicted molar refractivity (Wildman–Crippen MR) is 109 cm³/mol. The number of carbonyl (C=O) groups excluding carboxylic acids is 4. The summed E-state index contributed by atoms with van der Waals surface area (Å²) in [5, 5.41) is 23.9. The summed E-state index contributed by atoms with van der Waals surface area (Å²) in [5.41, 5.74) is 11.0. The maximum Gasteiger partial charge on any atom is 0.326 e. The number of hydrogen-bond acceptors (Lipinski definition) is 7. The number of hydrogen-bond donors (Lipinski definition) is 6. The van der Waals surface area contributed by atoms with E-state index in [1.54, 1.807) is 0 Å². The molecule has 12 heteroatoms. The quantitative estimate of drug-likeness (QED) is 0.203. The maximum absolute atomic E-state index is 12.8. The molecule has 176 valence electrons. The van der Waals surface area contributed by atoms with Crippen LogP contribution in [0.2, 0.25) is 0 Å². The van der Waals surface area contributed by atoms with Crippen molar-refractivity contribution in [3.05, 3.63) is 0 Å². The molecule has 0 aromatic heterocycles. The van der Waals surface area contributed by atoms with E-state index in [0.717, 1.165) is 4.90 Å². The van der Waals surface area contributed by atoms with Gasteiger partial charge in [-0.3, -0.25) is 19.2 Å². The first-order valence-corrected chi connectivity index (χ1v) is 10.2. The van der Waals surface area contributed by atoms with Gasteiger partial charge in [0.2, 0.25) is 23.6 Å². The Hall–Kier alpha value is -2.73. The second kappa shape index (κ2) is 11.6. The summed E-state index contributed by atoms with van der Waals surface area (Å²) in [5.74, 6) is -4.31. The molecular formula is C19H33N5O7. The number of nitrogens with two attached hydrogens (primary N) is 2. The van der Waals surface area contributed by atoms with Crippen molar-refractivity contribution < 1.29 is 34.2 Å². The van der Waals surface area contributed by atoms with Gasteiger partial charge in [-0.25, -0.2) is 4.79 Å². The first kappa shape index (κ1) is 26.3. The SMILES string of the molecule is CC(C)CC(N)C(=O)NC(C(=O)NC(CC(N)=O)C(=O)N1CCCC1C(=O)O)C(C)O. The first-order chi connectivity index (χ1) is 14.3. The molecule has 0 spiro atoms. The van der Waals surface area contributed by atoms with Crippen molar-refractivity contribution in [2.45, 2.75) is 76.7 Å². The monoisotopic (exact) mass is 443 g/mol. The Morgan fingerprint density at radius 3 is 2.19 bits per heavy atom. The molecule has 4 amide bonds. The molecule has 1 saturated heterocycles. The molecule has 0 aromatic carbocycles. The van der Waals surface area contributed by atoms with Gasteiger partial charge in [-0.05, 0) is 32.1 Å².